The van der Waals surface area contributed by atoms with Gasteiger partial charge in [0.2, 0.25) is 0 Å². The topological polar surface area (TPSA) is 23.5 Å². The summed E-state index contributed by atoms with van der Waals surface area (Å²) in [6.45, 7) is 6.97. The van der Waals surface area contributed by atoms with Crippen molar-refractivity contribution >= 4 is 0 Å². The molecule has 1 atom stereocenters. The minimum atomic E-state index is -0.765. The lowest BCUT2D eigenvalue weighted by molar-refractivity contribution is 0.126. The summed E-state index contributed by atoms with van der Waals surface area (Å²) >= 11 is 0. The van der Waals surface area contributed by atoms with Gasteiger partial charge in [-0.1, -0.05) is 6.92 Å². The SMILES string of the molecule is CCC(F)CN(CCO)C(C)C. The lowest BCUT2D eigenvalue weighted by Crippen LogP contribution is -2.38. The van der Waals surface area contributed by atoms with Crippen LogP contribution in [0, 0.1) is 0 Å². The smallest absolute Gasteiger partial charge is 0.112 e. The molecule has 3 heteroatoms. The molecule has 0 aromatic rings. The second kappa shape index (κ2) is 6.38. The van der Waals surface area contributed by atoms with E-state index in [0.717, 1.165) is 0 Å². The molecule has 2 nitrogen and oxygen atoms in total. The molecule has 0 fully saturated rings. The maximum absolute atomic E-state index is 12.9. The van der Waals surface area contributed by atoms with Crippen LogP contribution in [0.15, 0.2) is 0 Å². The minimum absolute atomic E-state index is 0.106. The van der Waals surface area contributed by atoms with Crippen LogP contribution in [0.25, 0.3) is 0 Å². The molecule has 0 radical (unpaired) electrons. The molecule has 0 bridgehead atoms. The van der Waals surface area contributed by atoms with Crippen molar-refractivity contribution in [3.05, 3.63) is 0 Å². The number of aliphatic hydroxyl groups excluding tert-OH is 1. The predicted octanol–water partition coefficient (Wildman–Crippen LogP) is 1.44. The molecular weight excluding hydrogens is 157 g/mol. The number of halogens is 1. The lowest BCUT2D eigenvalue weighted by atomic mass is 10.2. The van der Waals surface area contributed by atoms with Crippen molar-refractivity contribution in [1.29, 1.82) is 0 Å². The Morgan fingerprint density at radius 2 is 2.00 bits per heavy atom. The summed E-state index contributed by atoms with van der Waals surface area (Å²) in [6, 6.07) is 0.307. The molecule has 74 valence electrons. The number of rotatable bonds is 6. The van der Waals surface area contributed by atoms with E-state index in [1.165, 1.54) is 0 Å². The van der Waals surface area contributed by atoms with Gasteiger partial charge >= 0.3 is 0 Å². The molecule has 0 heterocycles. The fraction of sp³-hybridized carbons (Fsp3) is 1.00. The summed E-state index contributed by atoms with van der Waals surface area (Å²) in [4.78, 5) is 1.95. The summed E-state index contributed by atoms with van der Waals surface area (Å²) in [5.41, 5.74) is 0. The number of aliphatic hydroxyl groups is 1. The van der Waals surface area contributed by atoms with Gasteiger partial charge in [0, 0.05) is 19.1 Å². The summed E-state index contributed by atoms with van der Waals surface area (Å²) in [6.07, 6.45) is -0.215. The van der Waals surface area contributed by atoms with Crippen LogP contribution in [0.2, 0.25) is 0 Å². The maximum atomic E-state index is 12.9. The summed E-state index contributed by atoms with van der Waals surface area (Å²) in [5, 5.41) is 8.71. The van der Waals surface area contributed by atoms with Crippen LogP contribution >= 0.6 is 0 Å². The van der Waals surface area contributed by atoms with Crippen LogP contribution in [-0.2, 0) is 0 Å². The van der Waals surface area contributed by atoms with E-state index < -0.39 is 6.17 Å². The first-order chi connectivity index (χ1) is 5.61. The predicted molar refractivity (Wildman–Crippen MR) is 49.0 cm³/mol. The highest BCUT2D eigenvalue weighted by Gasteiger charge is 2.13. The van der Waals surface area contributed by atoms with Crippen molar-refractivity contribution in [1.82, 2.24) is 4.90 Å². The average molecular weight is 177 g/mol. The fourth-order valence-electron chi connectivity index (χ4n) is 1.07. The van der Waals surface area contributed by atoms with Gasteiger partial charge in [-0.3, -0.25) is 4.90 Å². The molecule has 0 aliphatic rings. The van der Waals surface area contributed by atoms with E-state index in [4.69, 9.17) is 5.11 Å². The zero-order chi connectivity index (χ0) is 9.56. The molecule has 0 rings (SSSR count). The Labute approximate surface area is 74.4 Å². The molecule has 1 unspecified atom stereocenters. The third-order valence-corrected chi connectivity index (χ3v) is 1.99. The van der Waals surface area contributed by atoms with E-state index in [0.29, 0.717) is 25.6 Å². The summed E-state index contributed by atoms with van der Waals surface area (Å²) < 4.78 is 12.9. The molecule has 0 aliphatic carbocycles. The van der Waals surface area contributed by atoms with Crippen molar-refractivity contribution in [2.24, 2.45) is 0 Å². The molecule has 0 aromatic heterocycles. The van der Waals surface area contributed by atoms with Gasteiger partial charge in [-0.15, -0.1) is 0 Å². The van der Waals surface area contributed by atoms with E-state index in [-0.39, 0.29) is 6.61 Å². The van der Waals surface area contributed by atoms with Crippen molar-refractivity contribution in [3.63, 3.8) is 0 Å². The molecule has 1 N–H and O–H groups in total. The molecule has 12 heavy (non-hydrogen) atoms. The number of hydrogen-bond acceptors (Lipinski definition) is 2. The van der Waals surface area contributed by atoms with Crippen molar-refractivity contribution in [3.8, 4) is 0 Å². The normalized spacial score (nSPS) is 14.2. The van der Waals surface area contributed by atoms with E-state index in [1.54, 1.807) is 0 Å². The largest absolute Gasteiger partial charge is 0.395 e. The van der Waals surface area contributed by atoms with Crippen molar-refractivity contribution in [2.45, 2.75) is 39.4 Å². The summed E-state index contributed by atoms with van der Waals surface area (Å²) in [7, 11) is 0. The van der Waals surface area contributed by atoms with E-state index in [2.05, 4.69) is 0 Å². The Kier molecular flexibility index (Phi) is 6.30. The molecule has 0 spiro atoms. The van der Waals surface area contributed by atoms with Crippen molar-refractivity contribution < 1.29 is 9.50 Å². The Balaban J connectivity index is 3.77. The minimum Gasteiger partial charge on any atom is -0.395 e. The quantitative estimate of drug-likeness (QED) is 0.663. The van der Waals surface area contributed by atoms with E-state index in [9.17, 15) is 4.39 Å². The monoisotopic (exact) mass is 177 g/mol. The first-order valence-corrected chi connectivity index (χ1v) is 4.60. The van der Waals surface area contributed by atoms with E-state index >= 15 is 0 Å². The van der Waals surface area contributed by atoms with Gasteiger partial charge in [0.1, 0.15) is 6.17 Å². The number of alkyl halides is 1. The van der Waals surface area contributed by atoms with Crippen LogP contribution in [-0.4, -0.2) is 41.9 Å². The highest BCUT2D eigenvalue weighted by Crippen LogP contribution is 2.04. The van der Waals surface area contributed by atoms with Gasteiger partial charge < -0.3 is 5.11 Å². The first-order valence-electron chi connectivity index (χ1n) is 4.60. The zero-order valence-corrected chi connectivity index (χ0v) is 8.26. The molecule has 0 saturated heterocycles. The Morgan fingerprint density at radius 3 is 2.33 bits per heavy atom. The standard InChI is InChI=1S/C9H20FNO/c1-4-9(10)7-11(5-6-12)8(2)3/h8-9,12H,4-7H2,1-3H3. The van der Waals surface area contributed by atoms with Gasteiger partial charge in [0.15, 0.2) is 0 Å². The second-order valence-corrected chi connectivity index (χ2v) is 3.32. The second-order valence-electron chi connectivity index (χ2n) is 3.32. The fourth-order valence-corrected chi connectivity index (χ4v) is 1.07. The van der Waals surface area contributed by atoms with E-state index in [1.807, 2.05) is 25.7 Å². The van der Waals surface area contributed by atoms with Crippen LogP contribution in [0.4, 0.5) is 4.39 Å². The maximum Gasteiger partial charge on any atom is 0.112 e. The molecule has 0 amide bonds. The van der Waals surface area contributed by atoms with Crippen LogP contribution < -0.4 is 0 Å². The lowest BCUT2D eigenvalue weighted by Gasteiger charge is -2.26. The highest BCUT2D eigenvalue weighted by atomic mass is 19.1. The van der Waals surface area contributed by atoms with Crippen LogP contribution in [0.3, 0.4) is 0 Å². The average Bonchev–Trinajstić information content (AvgIpc) is 2.03. The third-order valence-electron chi connectivity index (χ3n) is 1.99. The zero-order valence-electron chi connectivity index (χ0n) is 8.26. The first kappa shape index (κ1) is 11.8. The third kappa shape index (κ3) is 4.67. The van der Waals surface area contributed by atoms with Gasteiger partial charge in [-0.05, 0) is 20.3 Å². The number of nitrogens with zero attached hydrogens (tertiary/aromatic N) is 1. The molecular formula is C9H20FNO. The van der Waals surface area contributed by atoms with Crippen molar-refractivity contribution in [2.75, 3.05) is 19.7 Å². The van der Waals surface area contributed by atoms with Gasteiger partial charge in [0.05, 0.1) is 6.61 Å². The van der Waals surface area contributed by atoms with Crippen LogP contribution in [0.5, 0.6) is 0 Å². The summed E-state index contributed by atoms with van der Waals surface area (Å²) in [5.74, 6) is 0. The molecule has 0 aromatic carbocycles. The van der Waals surface area contributed by atoms with Gasteiger partial charge in [-0.2, -0.15) is 0 Å². The number of hydrogen-bond donors (Lipinski definition) is 1. The molecule has 0 aliphatic heterocycles. The highest BCUT2D eigenvalue weighted by molar-refractivity contribution is 4.66. The van der Waals surface area contributed by atoms with Crippen LogP contribution in [0.1, 0.15) is 27.2 Å². The Hall–Kier alpha value is -0.150. The Morgan fingerprint density at radius 1 is 1.42 bits per heavy atom. The van der Waals surface area contributed by atoms with Gasteiger partial charge in [0.25, 0.3) is 0 Å². The van der Waals surface area contributed by atoms with Gasteiger partial charge in [-0.25, -0.2) is 4.39 Å². The Bertz CT molecular complexity index is 109. The molecule has 0 saturated carbocycles.